The Morgan fingerprint density at radius 1 is 1.18 bits per heavy atom. The summed E-state index contributed by atoms with van der Waals surface area (Å²) in [6.07, 6.45) is 3.84. The first-order valence-corrected chi connectivity index (χ1v) is 9.01. The van der Waals surface area contributed by atoms with E-state index in [0.29, 0.717) is 18.1 Å². The van der Waals surface area contributed by atoms with Gasteiger partial charge in [-0.25, -0.2) is 0 Å². The standard InChI is InChI=1S/C20H26N4O4/c1-5-10-28-17-8-6-16(12-18(17)27-4)7-9-19(25)21-22-20(26)13-24-15(3)11-14(2)23-24/h6-9,11-12H,5,10,13H2,1-4H3,(H,21,25)(H,22,26)/b9-7+. The van der Waals surface area contributed by atoms with Crippen LogP contribution in [0.15, 0.2) is 30.3 Å². The average Bonchev–Trinajstić information content (AvgIpc) is 2.99. The summed E-state index contributed by atoms with van der Waals surface area (Å²) in [7, 11) is 1.56. The number of benzene rings is 1. The summed E-state index contributed by atoms with van der Waals surface area (Å²) in [6.45, 7) is 6.37. The van der Waals surface area contributed by atoms with Crippen molar-refractivity contribution in [2.75, 3.05) is 13.7 Å². The van der Waals surface area contributed by atoms with E-state index in [0.717, 1.165) is 23.4 Å². The fourth-order valence-electron chi connectivity index (χ4n) is 2.47. The summed E-state index contributed by atoms with van der Waals surface area (Å²) in [6, 6.07) is 7.26. The maximum absolute atomic E-state index is 11.9. The molecular weight excluding hydrogens is 360 g/mol. The number of aromatic nitrogens is 2. The minimum absolute atomic E-state index is 0.0279. The molecule has 150 valence electrons. The second-order valence-electron chi connectivity index (χ2n) is 6.21. The Labute approximate surface area is 164 Å². The van der Waals surface area contributed by atoms with Crippen LogP contribution in [-0.2, 0) is 16.1 Å². The number of hydrogen-bond acceptors (Lipinski definition) is 5. The lowest BCUT2D eigenvalue weighted by Crippen LogP contribution is -2.42. The zero-order chi connectivity index (χ0) is 20.5. The number of amides is 2. The minimum Gasteiger partial charge on any atom is -0.493 e. The fourth-order valence-corrected chi connectivity index (χ4v) is 2.47. The number of aryl methyl sites for hydroxylation is 2. The van der Waals surface area contributed by atoms with E-state index >= 15 is 0 Å². The molecule has 2 aromatic rings. The first kappa shape index (κ1) is 21.0. The van der Waals surface area contributed by atoms with E-state index in [-0.39, 0.29) is 12.5 Å². The van der Waals surface area contributed by atoms with E-state index in [1.54, 1.807) is 30.0 Å². The van der Waals surface area contributed by atoms with Gasteiger partial charge in [0.25, 0.3) is 11.8 Å². The van der Waals surface area contributed by atoms with Gasteiger partial charge in [-0.05, 0) is 50.1 Å². The molecule has 1 heterocycles. The van der Waals surface area contributed by atoms with Gasteiger partial charge in [0.2, 0.25) is 0 Å². The molecule has 0 bridgehead atoms. The van der Waals surface area contributed by atoms with Crippen LogP contribution >= 0.6 is 0 Å². The van der Waals surface area contributed by atoms with Gasteiger partial charge in [-0.2, -0.15) is 5.10 Å². The molecule has 0 saturated carbocycles. The van der Waals surface area contributed by atoms with Crippen molar-refractivity contribution >= 4 is 17.9 Å². The molecule has 1 aromatic heterocycles. The molecule has 1 aromatic carbocycles. The molecule has 0 atom stereocenters. The molecule has 2 rings (SSSR count). The Hall–Kier alpha value is -3.29. The molecule has 28 heavy (non-hydrogen) atoms. The van der Waals surface area contributed by atoms with Gasteiger partial charge in [0.05, 0.1) is 19.4 Å². The fraction of sp³-hybridized carbons (Fsp3) is 0.350. The third kappa shape index (κ3) is 6.15. The van der Waals surface area contributed by atoms with Gasteiger partial charge in [-0.1, -0.05) is 13.0 Å². The normalized spacial score (nSPS) is 10.7. The lowest BCUT2D eigenvalue weighted by Gasteiger charge is -2.10. The maximum Gasteiger partial charge on any atom is 0.262 e. The summed E-state index contributed by atoms with van der Waals surface area (Å²) in [4.78, 5) is 23.8. The molecule has 0 aliphatic heterocycles. The molecule has 0 saturated heterocycles. The summed E-state index contributed by atoms with van der Waals surface area (Å²) in [5.41, 5.74) is 7.18. The van der Waals surface area contributed by atoms with Gasteiger partial charge in [-0.15, -0.1) is 0 Å². The van der Waals surface area contributed by atoms with E-state index < -0.39 is 5.91 Å². The third-order valence-corrected chi connectivity index (χ3v) is 3.80. The van der Waals surface area contributed by atoms with Crippen LogP contribution in [0.5, 0.6) is 11.5 Å². The highest BCUT2D eigenvalue weighted by molar-refractivity contribution is 5.93. The monoisotopic (exact) mass is 386 g/mol. The van der Waals surface area contributed by atoms with E-state index in [1.165, 1.54) is 6.08 Å². The predicted octanol–water partition coefficient (Wildman–Crippen LogP) is 2.16. The van der Waals surface area contributed by atoms with Crippen LogP contribution in [0.4, 0.5) is 0 Å². The van der Waals surface area contributed by atoms with Crippen LogP contribution in [0.1, 0.15) is 30.3 Å². The van der Waals surface area contributed by atoms with Crippen LogP contribution in [0.3, 0.4) is 0 Å². The summed E-state index contributed by atoms with van der Waals surface area (Å²) < 4.78 is 12.5. The number of carbonyl (C=O) groups excluding carboxylic acids is 2. The van der Waals surface area contributed by atoms with Gasteiger partial charge in [0.1, 0.15) is 6.54 Å². The smallest absolute Gasteiger partial charge is 0.262 e. The van der Waals surface area contributed by atoms with Gasteiger partial charge < -0.3 is 9.47 Å². The zero-order valence-corrected chi connectivity index (χ0v) is 16.6. The van der Waals surface area contributed by atoms with Crippen LogP contribution in [0, 0.1) is 13.8 Å². The molecule has 2 N–H and O–H groups in total. The number of nitrogens with zero attached hydrogens (tertiary/aromatic N) is 2. The number of ether oxygens (including phenoxy) is 2. The van der Waals surface area contributed by atoms with Crippen molar-refractivity contribution in [2.45, 2.75) is 33.7 Å². The second-order valence-corrected chi connectivity index (χ2v) is 6.21. The first-order valence-electron chi connectivity index (χ1n) is 9.01. The van der Waals surface area contributed by atoms with Gasteiger partial charge >= 0.3 is 0 Å². The SMILES string of the molecule is CCCOc1ccc(/C=C/C(=O)NNC(=O)Cn2nc(C)cc2C)cc1OC. The Balaban J connectivity index is 1.87. The van der Waals surface area contributed by atoms with E-state index in [4.69, 9.17) is 9.47 Å². The van der Waals surface area contributed by atoms with Crippen molar-refractivity contribution in [3.63, 3.8) is 0 Å². The first-order chi connectivity index (χ1) is 13.4. The second kappa shape index (κ2) is 10.1. The predicted molar refractivity (Wildman–Crippen MR) is 106 cm³/mol. The topological polar surface area (TPSA) is 94.5 Å². The molecule has 0 fully saturated rings. The quantitative estimate of drug-likeness (QED) is 0.536. The van der Waals surface area contributed by atoms with Crippen molar-refractivity contribution in [1.29, 1.82) is 0 Å². The maximum atomic E-state index is 11.9. The minimum atomic E-state index is -0.452. The molecule has 0 radical (unpaired) electrons. The van der Waals surface area contributed by atoms with Crippen molar-refractivity contribution < 1.29 is 19.1 Å². The van der Waals surface area contributed by atoms with Gasteiger partial charge in [-0.3, -0.25) is 25.1 Å². The molecular formula is C20H26N4O4. The van der Waals surface area contributed by atoms with Crippen molar-refractivity contribution in [1.82, 2.24) is 20.6 Å². The number of carbonyl (C=O) groups is 2. The largest absolute Gasteiger partial charge is 0.493 e. The van der Waals surface area contributed by atoms with Gasteiger partial charge in [0, 0.05) is 11.8 Å². The summed E-state index contributed by atoms with van der Waals surface area (Å²) >= 11 is 0. The van der Waals surface area contributed by atoms with Crippen molar-refractivity contribution in [3.8, 4) is 11.5 Å². The van der Waals surface area contributed by atoms with Crippen LogP contribution < -0.4 is 20.3 Å². The van der Waals surface area contributed by atoms with Crippen molar-refractivity contribution in [3.05, 3.63) is 47.3 Å². The average molecular weight is 386 g/mol. The van der Waals surface area contributed by atoms with Crippen LogP contribution in [0.2, 0.25) is 0 Å². The number of hydrogen-bond donors (Lipinski definition) is 2. The lowest BCUT2D eigenvalue weighted by atomic mass is 10.2. The molecule has 0 spiro atoms. The van der Waals surface area contributed by atoms with Crippen molar-refractivity contribution in [2.24, 2.45) is 0 Å². The van der Waals surface area contributed by atoms with Crippen LogP contribution in [-0.4, -0.2) is 35.3 Å². The Morgan fingerprint density at radius 3 is 2.61 bits per heavy atom. The molecule has 0 aliphatic rings. The van der Waals surface area contributed by atoms with Crippen LogP contribution in [0.25, 0.3) is 6.08 Å². The number of nitrogens with one attached hydrogen (secondary N) is 2. The summed E-state index contributed by atoms with van der Waals surface area (Å²) in [5, 5.41) is 4.20. The highest BCUT2D eigenvalue weighted by Gasteiger charge is 2.08. The van der Waals surface area contributed by atoms with E-state index in [9.17, 15) is 9.59 Å². The Kier molecular flexibility index (Phi) is 7.62. The molecule has 2 amide bonds. The summed E-state index contributed by atoms with van der Waals surface area (Å²) in [5.74, 6) is 0.426. The molecule has 8 heteroatoms. The van der Waals surface area contributed by atoms with E-state index in [2.05, 4.69) is 16.0 Å². The Bertz CT molecular complexity index is 858. The number of hydrazine groups is 1. The lowest BCUT2D eigenvalue weighted by molar-refractivity contribution is -0.127. The Morgan fingerprint density at radius 2 is 1.96 bits per heavy atom. The molecule has 0 unspecified atom stereocenters. The number of methoxy groups -OCH3 is 1. The van der Waals surface area contributed by atoms with Gasteiger partial charge in [0.15, 0.2) is 11.5 Å². The highest BCUT2D eigenvalue weighted by Crippen LogP contribution is 2.28. The molecule has 8 nitrogen and oxygen atoms in total. The highest BCUT2D eigenvalue weighted by atomic mass is 16.5. The zero-order valence-electron chi connectivity index (χ0n) is 16.6. The molecule has 0 aliphatic carbocycles. The number of rotatable bonds is 8. The third-order valence-electron chi connectivity index (χ3n) is 3.80. The van der Waals surface area contributed by atoms with E-state index in [1.807, 2.05) is 32.9 Å².